The van der Waals surface area contributed by atoms with Gasteiger partial charge in [0.15, 0.2) is 0 Å². The van der Waals surface area contributed by atoms with E-state index in [1.807, 2.05) is 13.0 Å². The van der Waals surface area contributed by atoms with Gasteiger partial charge in [0.05, 0.1) is 7.11 Å². The van der Waals surface area contributed by atoms with E-state index in [-0.39, 0.29) is 12.2 Å². The Bertz CT molecular complexity index is 941. The monoisotopic (exact) mass is 395 g/mol. The number of methoxy groups -OCH3 is 1. The van der Waals surface area contributed by atoms with Gasteiger partial charge >= 0.3 is 5.97 Å². The van der Waals surface area contributed by atoms with Crippen LogP contribution in [0.1, 0.15) is 36.5 Å². The summed E-state index contributed by atoms with van der Waals surface area (Å²) >= 11 is 0. The predicted molar refractivity (Wildman–Crippen MR) is 110 cm³/mol. The van der Waals surface area contributed by atoms with E-state index < -0.39 is 5.97 Å². The maximum absolute atomic E-state index is 11.1. The lowest BCUT2D eigenvalue weighted by molar-refractivity contribution is -0.132. The Morgan fingerprint density at radius 2 is 1.83 bits per heavy atom. The number of benzene rings is 2. The van der Waals surface area contributed by atoms with E-state index in [4.69, 9.17) is 24.6 Å². The number of aryl methyl sites for hydroxylation is 1. The number of nitrogens with zero attached hydrogens (tertiary/aromatic N) is 1. The van der Waals surface area contributed by atoms with Crippen molar-refractivity contribution in [2.24, 2.45) is 0 Å². The number of hydrogen-bond donors (Lipinski definition) is 1. The minimum atomic E-state index is -1.29. The molecule has 1 N–H and O–H groups in total. The van der Waals surface area contributed by atoms with Gasteiger partial charge in [-0.05, 0) is 48.2 Å². The molecule has 29 heavy (non-hydrogen) atoms. The third-order valence-electron chi connectivity index (χ3n) is 4.26. The van der Waals surface area contributed by atoms with Crippen LogP contribution < -0.4 is 14.2 Å². The lowest BCUT2D eigenvalue weighted by Gasteiger charge is -2.16. The van der Waals surface area contributed by atoms with E-state index >= 15 is 0 Å². The van der Waals surface area contributed by atoms with Crippen LogP contribution in [0.25, 0.3) is 6.08 Å². The van der Waals surface area contributed by atoms with Crippen molar-refractivity contribution in [2.45, 2.75) is 26.7 Å². The van der Waals surface area contributed by atoms with Crippen LogP contribution in [0.5, 0.6) is 17.2 Å². The maximum Gasteiger partial charge on any atom is 0.346 e. The molecule has 6 heteroatoms. The van der Waals surface area contributed by atoms with Crippen molar-refractivity contribution < 1.29 is 24.1 Å². The van der Waals surface area contributed by atoms with Crippen molar-refractivity contribution in [2.75, 3.05) is 20.3 Å². The second-order valence-electron chi connectivity index (χ2n) is 6.77. The second kappa shape index (κ2) is 10.2. The van der Waals surface area contributed by atoms with Gasteiger partial charge in [0.1, 0.15) is 42.1 Å². The molecule has 6 nitrogen and oxygen atoms in total. The smallest absolute Gasteiger partial charge is 0.346 e. The molecule has 0 atom stereocenters. The van der Waals surface area contributed by atoms with E-state index in [0.717, 1.165) is 16.9 Å². The Labute approximate surface area is 171 Å². The first-order valence-corrected chi connectivity index (χ1v) is 9.25. The van der Waals surface area contributed by atoms with E-state index in [9.17, 15) is 4.79 Å². The minimum absolute atomic E-state index is 0.244. The van der Waals surface area contributed by atoms with Gasteiger partial charge in [-0.15, -0.1) is 0 Å². The number of ether oxygens (including phenoxy) is 3. The molecule has 0 amide bonds. The molecule has 0 aliphatic carbocycles. The lowest BCUT2D eigenvalue weighted by Crippen LogP contribution is -2.11. The topological polar surface area (TPSA) is 88.8 Å². The molecular weight excluding hydrogens is 370 g/mol. The Morgan fingerprint density at radius 1 is 1.14 bits per heavy atom. The summed E-state index contributed by atoms with van der Waals surface area (Å²) < 4.78 is 16.9. The van der Waals surface area contributed by atoms with Crippen molar-refractivity contribution in [3.63, 3.8) is 0 Å². The van der Waals surface area contributed by atoms with Crippen molar-refractivity contribution >= 4 is 12.0 Å². The summed E-state index contributed by atoms with van der Waals surface area (Å²) in [6.07, 6.45) is 1.27. The third kappa shape index (κ3) is 6.01. The Hall–Kier alpha value is -3.46. The zero-order valence-electron chi connectivity index (χ0n) is 17.1. The summed E-state index contributed by atoms with van der Waals surface area (Å²) in [6, 6.07) is 12.8. The first kappa shape index (κ1) is 21.8. The Kier molecular flexibility index (Phi) is 7.67. The van der Waals surface area contributed by atoms with E-state index in [1.54, 1.807) is 24.3 Å². The molecule has 0 aliphatic heterocycles. The summed E-state index contributed by atoms with van der Waals surface area (Å²) in [6.45, 7) is 6.79. The van der Waals surface area contributed by atoms with Crippen LogP contribution in [0, 0.1) is 18.3 Å². The van der Waals surface area contributed by atoms with Crippen LogP contribution in [0.4, 0.5) is 0 Å². The Morgan fingerprint density at radius 3 is 2.41 bits per heavy atom. The van der Waals surface area contributed by atoms with Crippen LogP contribution in [0.3, 0.4) is 0 Å². The standard InChI is InChI=1S/C23H25NO5/c1-15(2)20-8-5-16(3)11-22(20)29-10-9-28-21-13-19(27-4)7-6-17(21)12-18(14-24)23(25)26/h5-8,11-13,15H,9-10H2,1-4H3,(H,25,26). The summed E-state index contributed by atoms with van der Waals surface area (Å²) in [4.78, 5) is 11.1. The number of carboxylic acid groups (broad SMARTS) is 1. The van der Waals surface area contributed by atoms with Gasteiger partial charge in [-0.2, -0.15) is 5.26 Å². The SMILES string of the molecule is COc1ccc(C=C(C#N)C(=O)O)c(OCCOc2cc(C)ccc2C(C)C)c1. The van der Waals surface area contributed by atoms with Crippen LogP contribution in [0.15, 0.2) is 42.0 Å². The highest BCUT2D eigenvalue weighted by atomic mass is 16.5. The largest absolute Gasteiger partial charge is 0.497 e. The van der Waals surface area contributed by atoms with Gasteiger partial charge in [0.2, 0.25) is 0 Å². The molecule has 0 unspecified atom stereocenters. The fourth-order valence-corrected chi connectivity index (χ4v) is 2.73. The average Bonchev–Trinajstić information content (AvgIpc) is 2.69. The van der Waals surface area contributed by atoms with Gasteiger partial charge in [-0.3, -0.25) is 0 Å². The van der Waals surface area contributed by atoms with E-state index in [0.29, 0.717) is 29.6 Å². The summed E-state index contributed by atoms with van der Waals surface area (Å²) in [5.41, 5.74) is 2.34. The molecule has 0 spiro atoms. The lowest BCUT2D eigenvalue weighted by atomic mass is 10.0. The average molecular weight is 395 g/mol. The summed E-state index contributed by atoms with van der Waals surface area (Å²) in [7, 11) is 1.53. The minimum Gasteiger partial charge on any atom is -0.497 e. The summed E-state index contributed by atoms with van der Waals surface area (Å²) in [5.74, 6) is 0.843. The number of carboxylic acids is 1. The molecule has 152 valence electrons. The number of aliphatic carboxylic acids is 1. The van der Waals surface area contributed by atoms with Gasteiger partial charge in [-0.25, -0.2) is 4.79 Å². The van der Waals surface area contributed by atoms with Crippen LogP contribution in [0.2, 0.25) is 0 Å². The molecule has 0 fully saturated rings. The molecule has 0 saturated heterocycles. The van der Waals surface area contributed by atoms with Gasteiger partial charge in [0.25, 0.3) is 0 Å². The molecule has 2 rings (SSSR count). The van der Waals surface area contributed by atoms with Crippen molar-refractivity contribution in [1.29, 1.82) is 5.26 Å². The fraction of sp³-hybridized carbons (Fsp3) is 0.304. The highest BCUT2D eigenvalue weighted by Gasteiger charge is 2.11. The van der Waals surface area contributed by atoms with E-state index in [2.05, 4.69) is 26.0 Å². The normalized spacial score (nSPS) is 11.1. The van der Waals surface area contributed by atoms with Crippen LogP contribution in [-0.2, 0) is 4.79 Å². The van der Waals surface area contributed by atoms with Gasteiger partial charge in [0, 0.05) is 11.6 Å². The Balaban J connectivity index is 2.14. The van der Waals surface area contributed by atoms with Crippen molar-refractivity contribution in [3.8, 4) is 23.3 Å². The summed E-state index contributed by atoms with van der Waals surface area (Å²) in [5, 5.41) is 18.1. The molecule has 0 bridgehead atoms. The van der Waals surface area contributed by atoms with Crippen LogP contribution in [-0.4, -0.2) is 31.4 Å². The molecule has 0 aromatic heterocycles. The predicted octanol–water partition coefficient (Wildman–Crippen LogP) is 4.58. The van der Waals surface area contributed by atoms with Crippen molar-refractivity contribution in [3.05, 3.63) is 58.7 Å². The maximum atomic E-state index is 11.1. The number of carbonyl (C=O) groups is 1. The zero-order valence-corrected chi connectivity index (χ0v) is 17.1. The second-order valence-corrected chi connectivity index (χ2v) is 6.77. The first-order valence-electron chi connectivity index (χ1n) is 9.25. The molecular formula is C23H25NO5. The molecule has 2 aromatic carbocycles. The zero-order chi connectivity index (χ0) is 21.4. The molecule has 0 saturated carbocycles. The van der Waals surface area contributed by atoms with Crippen molar-refractivity contribution in [1.82, 2.24) is 0 Å². The first-order chi connectivity index (χ1) is 13.8. The fourth-order valence-electron chi connectivity index (χ4n) is 2.73. The highest BCUT2D eigenvalue weighted by Crippen LogP contribution is 2.29. The number of hydrogen-bond acceptors (Lipinski definition) is 5. The molecule has 0 radical (unpaired) electrons. The van der Waals surface area contributed by atoms with Gasteiger partial charge in [-0.1, -0.05) is 26.0 Å². The molecule has 0 aliphatic rings. The number of rotatable bonds is 9. The van der Waals surface area contributed by atoms with E-state index in [1.165, 1.54) is 13.2 Å². The quantitative estimate of drug-likeness (QED) is 0.380. The van der Waals surface area contributed by atoms with Gasteiger partial charge < -0.3 is 19.3 Å². The molecule has 2 aromatic rings. The highest BCUT2D eigenvalue weighted by molar-refractivity contribution is 5.96. The number of nitriles is 1. The van der Waals surface area contributed by atoms with Crippen LogP contribution >= 0.6 is 0 Å². The molecule has 0 heterocycles. The third-order valence-corrected chi connectivity index (χ3v) is 4.26.